The van der Waals surface area contributed by atoms with E-state index in [0.717, 1.165) is 12.8 Å². The van der Waals surface area contributed by atoms with E-state index >= 15 is 0 Å². The third-order valence-electron chi connectivity index (χ3n) is 2.59. The number of amidine groups is 1. The third kappa shape index (κ3) is 3.18. The van der Waals surface area contributed by atoms with Crippen molar-refractivity contribution in [2.75, 3.05) is 19.8 Å². The molecule has 88 valence electrons. The number of nitrogens with two attached hydrogens (primary N) is 1. The van der Waals surface area contributed by atoms with Gasteiger partial charge in [0, 0.05) is 38.7 Å². The van der Waals surface area contributed by atoms with Crippen molar-refractivity contribution in [3.8, 4) is 0 Å². The van der Waals surface area contributed by atoms with Crippen molar-refractivity contribution < 1.29 is 9.47 Å². The van der Waals surface area contributed by atoms with E-state index in [1.807, 2.05) is 20.8 Å². The van der Waals surface area contributed by atoms with Crippen LogP contribution in [0.4, 0.5) is 0 Å². The summed E-state index contributed by atoms with van der Waals surface area (Å²) in [5.74, 6) is 0.627. The van der Waals surface area contributed by atoms with Crippen LogP contribution < -0.4 is 5.73 Å². The number of ether oxygens (including phenoxy) is 2. The molecule has 0 aliphatic carbocycles. The highest BCUT2D eigenvalue weighted by molar-refractivity contribution is 5.89. The van der Waals surface area contributed by atoms with Gasteiger partial charge in [-0.05, 0) is 20.8 Å². The molecule has 1 aliphatic heterocycles. The van der Waals surface area contributed by atoms with Crippen molar-refractivity contribution in [2.45, 2.75) is 45.3 Å². The minimum absolute atomic E-state index is 0.213. The molecule has 15 heavy (non-hydrogen) atoms. The van der Waals surface area contributed by atoms with Crippen molar-refractivity contribution in [3.63, 3.8) is 0 Å². The Morgan fingerprint density at radius 2 is 2.07 bits per heavy atom. The van der Waals surface area contributed by atoms with Crippen molar-refractivity contribution in [3.05, 3.63) is 0 Å². The molecule has 0 saturated carbocycles. The Morgan fingerprint density at radius 1 is 1.47 bits per heavy atom. The predicted octanol–water partition coefficient (Wildman–Crippen LogP) is 1.34. The lowest BCUT2D eigenvalue weighted by molar-refractivity contribution is -0.0647. The van der Waals surface area contributed by atoms with Gasteiger partial charge in [0.25, 0.3) is 0 Å². The Bertz CT molecular complexity index is 215. The van der Waals surface area contributed by atoms with Gasteiger partial charge in [-0.3, -0.25) is 4.99 Å². The van der Waals surface area contributed by atoms with Crippen LogP contribution in [0.1, 0.15) is 33.6 Å². The Labute approximate surface area is 91.8 Å². The van der Waals surface area contributed by atoms with Gasteiger partial charge in [-0.25, -0.2) is 0 Å². The zero-order chi connectivity index (χ0) is 11.3. The van der Waals surface area contributed by atoms with Crippen molar-refractivity contribution >= 4 is 5.84 Å². The first-order chi connectivity index (χ1) is 7.10. The van der Waals surface area contributed by atoms with Crippen LogP contribution in [0, 0.1) is 0 Å². The van der Waals surface area contributed by atoms with Crippen LogP contribution in [0.25, 0.3) is 0 Å². The highest BCUT2D eigenvalue weighted by Gasteiger charge is 2.37. The summed E-state index contributed by atoms with van der Waals surface area (Å²) in [6.45, 7) is 8.09. The zero-order valence-electron chi connectivity index (χ0n) is 9.95. The number of hydrogen-bond donors (Lipinski definition) is 1. The van der Waals surface area contributed by atoms with E-state index in [1.54, 1.807) is 0 Å². The lowest BCUT2D eigenvalue weighted by Crippen LogP contribution is -2.50. The van der Waals surface area contributed by atoms with Gasteiger partial charge in [0.15, 0.2) is 0 Å². The monoisotopic (exact) mass is 214 g/mol. The summed E-state index contributed by atoms with van der Waals surface area (Å²) in [7, 11) is 0. The fraction of sp³-hybridized carbons (Fsp3) is 0.909. The summed E-state index contributed by atoms with van der Waals surface area (Å²) in [5.41, 5.74) is 5.66. The molecule has 0 unspecified atom stereocenters. The zero-order valence-corrected chi connectivity index (χ0v) is 9.95. The molecule has 0 aromatic carbocycles. The van der Waals surface area contributed by atoms with Crippen LogP contribution in [0.3, 0.4) is 0 Å². The normalized spacial score (nSPS) is 22.0. The summed E-state index contributed by atoms with van der Waals surface area (Å²) >= 11 is 0. The van der Waals surface area contributed by atoms with Gasteiger partial charge in [0.1, 0.15) is 11.4 Å². The van der Waals surface area contributed by atoms with Gasteiger partial charge in [-0.2, -0.15) is 0 Å². The topological polar surface area (TPSA) is 56.8 Å². The van der Waals surface area contributed by atoms with E-state index < -0.39 is 0 Å². The predicted molar refractivity (Wildman–Crippen MR) is 61.2 cm³/mol. The number of rotatable bonds is 4. The van der Waals surface area contributed by atoms with E-state index in [0.29, 0.717) is 25.7 Å². The van der Waals surface area contributed by atoms with Gasteiger partial charge >= 0.3 is 0 Å². The molecule has 4 heteroatoms. The molecule has 0 bridgehead atoms. The Morgan fingerprint density at radius 3 is 2.53 bits per heavy atom. The summed E-state index contributed by atoms with van der Waals surface area (Å²) < 4.78 is 11.1. The average Bonchev–Trinajstić information content (AvgIpc) is 2.18. The molecular formula is C11H22N2O2. The molecule has 1 fully saturated rings. The molecule has 0 amide bonds. The van der Waals surface area contributed by atoms with E-state index in [9.17, 15) is 0 Å². The Balaban J connectivity index is 2.79. The number of aliphatic imine (C=N–C) groups is 1. The van der Waals surface area contributed by atoms with E-state index in [1.165, 1.54) is 0 Å². The van der Waals surface area contributed by atoms with Crippen LogP contribution in [0.5, 0.6) is 0 Å². The number of nitrogens with zero attached hydrogens (tertiary/aromatic N) is 1. The first kappa shape index (κ1) is 12.5. The first-order valence-corrected chi connectivity index (χ1v) is 5.66. The van der Waals surface area contributed by atoms with Gasteiger partial charge in [-0.15, -0.1) is 0 Å². The molecule has 0 atom stereocenters. The molecule has 1 aliphatic rings. The molecule has 4 nitrogen and oxygen atoms in total. The summed E-state index contributed by atoms with van der Waals surface area (Å²) in [6.07, 6.45) is 1.62. The summed E-state index contributed by atoms with van der Waals surface area (Å²) in [6, 6.07) is 0.213. The smallest absolute Gasteiger partial charge is 0.129 e. The second-order valence-electron chi connectivity index (χ2n) is 4.15. The quantitative estimate of drug-likeness (QED) is 0.567. The maximum Gasteiger partial charge on any atom is 0.129 e. The fourth-order valence-electron chi connectivity index (χ4n) is 1.85. The maximum atomic E-state index is 6.04. The molecule has 1 heterocycles. The molecule has 0 aromatic heterocycles. The van der Waals surface area contributed by atoms with E-state index in [-0.39, 0.29) is 11.6 Å². The lowest BCUT2D eigenvalue weighted by Gasteiger charge is -2.36. The average molecular weight is 214 g/mol. The highest BCUT2D eigenvalue weighted by atomic mass is 16.5. The Kier molecular flexibility index (Phi) is 4.54. The van der Waals surface area contributed by atoms with E-state index in [4.69, 9.17) is 15.2 Å². The second kappa shape index (κ2) is 5.47. The molecule has 0 spiro atoms. The van der Waals surface area contributed by atoms with Crippen LogP contribution >= 0.6 is 0 Å². The third-order valence-corrected chi connectivity index (χ3v) is 2.59. The summed E-state index contributed by atoms with van der Waals surface area (Å²) in [5, 5.41) is 0. The standard InChI is InChI=1S/C11H22N2O2/c1-4-15-11(5-7-14-8-6-11)10(12)13-9(2)3/h9H,4-8H2,1-3H3,(H2,12,13). The summed E-state index contributed by atoms with van der Waals surface area (Å²) in [4.78, 5) is 4.41. The van der Waals surface area contributed by atoms with Gasteiger partial charge in [0.05, 0.1) is 0 Å². The van der Waals surface area contributed by atoms with Crippen LogP contribution in [0.15, 0.2) is 4.99 Å². The van der Waals surface area contributed by atoms with Crippen LogP contribution in [-0.2, 0) is 9.47 Å². The lowest BCUT2D eigenvalue weighted by atomic mass is 9.92. The van der Waals surface area contributed by atoms with Crippen molar-refractivity contribution in [1.29, 1.82) is 0 Å². The van der Waals surface area contributed by atoms with E-state index in [2.05, 4.69) is 4.99 Å². The van der Waals surface area contributed by atoms with Crippen molar-refractivity contribution in [1.82, 2.24) is 0 Å². The largest absolute Gasteiger partial charge is 0.385 e. The van der Waals surface area contributed by atoms with Gasteiger partial charge < -0.3 is 15.2 Å². The van der Waals surface area contributed by atoms with Crippen molar-refractivity contribution in [2.24, 2.45) is 10.7 Å². The molecular weight excluding hydrogens is 192 g/mol. The number of hydrogen-bond acceptors (Lipinski definition) is 3. The van der Waals surface area contributed by atoms with Crippen LogP contribution in [-0.4, -0.2) is 37.3 Å². The maximum absolute atomic E-state index is 6.04. The molecule has 2 N–H and O–H groups in total. The molecule has 1 rings (SSSR count). The van der Waals surface area contributed by atoms with Crippen LogP contribution in [0.2, 0.25) is 0 Å². The molecule has 1 saturated heterocycles. The minimum atomic E-state index is -0.378. The second-order valence-corrected chi connectivity index (χ2v) is 4.15. The molecule has 0 aromatic rings. The Hall–Kier alpha value is -0.610. The fourth-order valence-corrected chi connectivity index (χ4v) is 1.85. The van der Waals surface area contributed by atoms with Gasteiger partial charge in [0.2, 0.25) is 0 Å². The van der Waals surface area contributed by atoms with Gasteiger partial charge in [-0.1, -0.05) is 0 Å². The highest BCUT2D eigenvalue weighted by Crippen LogP contribution is 2.25. The minimum Gasteiger partial charge on any atom is -0.385 e. The first-order valence-electron chi connectivity index (χ1n) is 5.66. The molecule has 0 radical (unpaired) electrons. The SMILES string of the molecule is CCOC1(C(N)=NC(C)C)CCOCC1.